The smallest absolute Gasteiger partial charge is 0.227 e. The van der Waals surface area contributed by atoms with Crippen LogP contribution in [-0.4, -0.2) is 12.5 Å². The summed E-state index contributed by atoms with van der Waals surface area (Å²) in [6.45, 7) is 2.28. The number of carbonyl (C=O) groups is 1. The van der Waals surface area contributed by atoms with Gasteiger partial charge in [-0.3, -0.25) is 4.79 Å². The number of nitrogens with one attached hydrogen (secondary N) is 1. The van der Waals surface area contributed by atoms with E-state index in [9.17, 15) is 4.79 Å². The predicted octanol–water partition coefficient (Wildman–Crippen LogP) is 2.37. The number of aryl methyl sites for hydroxylation is 1. The number of rotatable bonds is 0. The average molecular weight is 212 g/mol. The summed E-state index contributed by atoms with van der Waals surface area (Å²) >= 11 is 5.96. The summed E-state index contributed by atoms with van der Waals surface area (Å²) in [5.41, 5.74) is 1.65. The first-order valence-corrected chi connectivity index (χ1v) is 4.78. The van der Waals surface area contributed by atoms with Crippen molar-refractivity contribution in [2.45, 2.75) is 13.3 Å². The highest BCUT2D eigenvalue weighted by molar-refractivity contribution is 6.32. The number of ether oxygens (including phenoxy) is 1. The van der Waals surface area contributed by atoms with Crippen LogP contribution >= 0.6 is 11.6 Å². The molecule has 0 bridgehead atoms. The van der Waals surface area contributed by atoms with Gasteiger partial charge in [0.15, 0.2) is 5.75 Å². The molecule has 4 heteroatoms. The molecular formula is C10H10ClNO2. The van der Waals surface area contributed by atoms with Gasteiger partial charge in [0.2, 0.25) is 5.91 Å². The molecule has 0 fully saturated rings. The molecule has 0 saturated heterocycles. The minimum Gasteiger partial charge on any atom is -0.489 e. The highest BCUT2D eigenvalue weighted by Gasteiger charge is 2.17. The highest BCUT2D eigenvalue weighted by atomic mass is 35.5. The summed E-state index contributed by atoms with van der Waals surface area (Å²) in [7, 11) is 0. The molecular weight excluding hydrogens is 202 g/mol. The van der Waals surface area contributed by atoms with Crippen molar-refractivity contribution >= 4 is 23.2 Å². The minimum atomic E-state index is -0.0332. The van der Waals surface area contributed by atoms with E-state index in [1.54, 1.807) is 6.07 Å². The number of fused-ring (bicyclic) bond motifs is 1. The van der Waals surface area contributed by atoms with Crippen LogP contribution in [0, 0.1) is 6.92 Å². The maximum Gasteiger partial charge on any atom is 0.227 e. The maximum absolute atomic E-state index is 11.3. The third kappa shape index (κ3) is 1.55. The van der Waals surface area contributed by atoms with Crippen molar-refractivity contribution in [2.24, 2.45) is 0 Å². The van der Waals surface area contributed by atoms with Crippen LogP contribution in [0.5, 0.6) is 5.75 Å². The van der Waals surface area contributed by atoms with E-state index in [1.165, 1.54) is 0 Å². The fourth-order valence-corrected chi connectivity index (χ4v) is 1.61. The van der Waals surface area contributed by atoms with Gasteiger partial charge in [0, 0.05) is 0 Å². The van der Waals surface area contributed by atoms with E-state index in [0.717, 1.165) is 5.56 Å². The molecule has 1 aliphatic rings. The molecule has 0 unspecified atom stereocenters. The molecule has 1 aromatic carbocycles. The van der Waals surface area contributed by atoms with Gasteiger partial charge in [0.05, 0.1) is 23.7 Å². The van der Waals surface area contributed by atoms with Gasteiger partial charge in [0.25, 0.3) is 0 Å². The summed E-state index contributed by atoms with van der Waals surface area (Å²) < 4.78 is 5.42. The predicted molar refractivity (Wildman–Crippen MR) is 54.9 cm³/mol. The Labute approximate surface area is 87.0 Å². The standard InChI is InChI=1S/C10H10ClNO2/c1-6-2-3-7(11)10-9(6)12-8(13)4-5-14-10/h2-3H,4-5H2,1H3,(H,12,13). The number of benzene rings is 1. The van der Waals surface area contributed by atoms with E-state index in [4.69, 9.17) is 16.3 Å². The lowest BCUT2D eigenvalue weighted by Gasteiger charge is -2.11. The fourth-order valence-electron chi connectivity index (χ4n) is 1.40. The zero-order chi connectivity index (χ0) is 10.1. The Balaban J connectivity index is 2.54. The lowest BCUT2D eigenvalue weighted by molar-refractivity contribution is -0.116. The number of carbonyl (C=O) groups excluding carboxylic acids is 1. The number of hydrogen-bond acceptors (Lipinski definition) is 2. The first kappa shape index (κ1) is 9.34. The van der Waals surface area contributed by atoms with E-state index in [-0.39, 0.29) is 5.91 Å². The Morgan fingerprint density at radius 3 is 3.07 bits per heavy atom. The molecule has 1 heterocycles. The molecule has 3 nitrogen and oxygen atoms in total. The molecule has 1 amide bonds. The van der Waals surface area contributed by atoms with Crippen molar-refractivity contribution in [1.29, 1.82) is 0 Å². The Hall–Kier alpha value is -1.22. The Morgan fingerprint density at radius 2 is 2.29 bits per heavy atom. The molecule has 0 aliphatic carbocycles. The van der Waals surface area contributed by atoms with Gasteiger partial charge >= 0.3 is 0 Å². The van der Waals surface area contributed by atoms with Crippen molar-refractivity contribution in [2.75, 3.05) is 11.9 Å². The van der Waals surface area contributed by atoms with E-state index in [0.29, 0.717) is 29.5 Å². The Bertz CT molecular complexity index is 390. The molecule has 0 spiro atoms. The van der Waals surface area contributed by atoms with Gasteiger partial charge in [-0.05, 0) is 18.6 Å². The molecule has 1 N–H and O–H groups in total. The Kier molecular flexibility index (Phi) is 2.33. The molecule has 0 radical (unpaired) electrons. The normalized spacial score (nSPS) is 15.1. The lowest BCUT2D eigenvalue weighted by Crippen LogP contribution is -2.11. The van der Waals surface area contributed by atoms with E-state index in [2.05, 4.69) is 5.32 Å². The molecule has 2 rings (SSSR count). The molecule has 0 aromatic heterocycles. The van der Waals surface area contributed by atoms with Crippen LogP contribution in [-0.2, 0) is 4.79 Å². The maximum atomic E-state index is 11.3. The zero-order valence-electron chi connectivity index (χ0n) is 7.76. The van der Waals surface area contributed by atoms with Gasteiger partial charge in [-0.15, -0.1) is 0 Å². The summed E-state index contributed by atoms with van der Waals surface area (Å²) in [5, 5.41) is 3.32. The van der Waals surface area contributed by atoms with Crippen molar-refractivity contribution in [3.05, 3.63) is 22.7 Å². The minimum absolute atomic E-state index is 0.0332. The first-order chi connectivity index (χ1) is 6.68. The van der Waals surface area contributed by atoms with Crippen molar-refractivity contribution in [3.8, 4) is 5.75 Å². The highest BCUT2D eigenvalue weighted by Crippen LogP contribution is 2.37. The zero-order valence-corrected chi connectivity index (χ0v) is 8.52. The second-order valence-corrected chi connectivity index (χ2v) is 3.62. The number of halogens is 1. The molecule has 0 saturated carbocycles. The summed E-state index contributed by atoms with van der Waals surface area (Å²) in [4.78, 5) is 11.3. The number of anilines is 1. The molecule has 0 atom stereocenters. The molecule has 14 heavy (non-hydrogen) atoms. The number of amides is 1. The van der Waals surface area contributed by atoms with E-state index < -0.39 is 0 Å². The van der Waals surface area contributed by atoms with Gasteiger partial charge in [-0.2, -0.15) is 0 Å². The van der Waals surface area contributed by atoms with Gasteiger partial charge in [-0.25, -0.2) is 0 Å². The van der Waals surface area contributed by atoms with Crippen molar-refractivity contribution < 1.29 is 9.53 Å². The van der Waals surface area contributed by atoms with Crippen LogP contribution in [0.25, 0.3) is 0 Å². The molecule has 74 valence electrons. The Morgan fingerprint density at radius 1 is 1.50 bits per heavy atom. The van der Waals surface area contributed by atoms with Gasteiger partial charge in [0.1, 0.15) is 0 Å². The summed E-state index contributed by atoms with van der Waals surface area (Å²) in [6, 6.07) is 3.63. The SMILES string of the molecule is Cc1ccc(Cl)c2c1NC(=O)CCO2. The fraction of sp³-hybridized carbons (Fsp3) is 0.300. The topological polar surface area (TPSA) is 38.3 Å². The third-order valence-corrected chi connectivity index (χ3v) is 2.46. The molecule has 1 aliphatic heterocycles. The van der Waals surface area contributed by atoms with Crippen LogP contribution in [0.3, 0.4) is 0 Å². The lowest BCUT2D eigenvalue weighted by atomic mass is 10.2. The van der Waals surface area contributed by atoms with Crippen molar-refractivity contribution in [1.82, 2.24) is 0 Å². The summed E-state index contributed by atoms with van der Waals surface area (Å²) in [6.07, 6.45) is 0.366. The van der Waals surface area contributed by atoms with Crippen LogP contribution in [0.4, 0.5) is 5.69 Å². The quantitative estimate of drug-likeness (QED) is 0.716. The van der Waals surface area contributed by atoms with Crippen LogP contribution < -0.4 is 10.1 Å². The first-order valence-electron chi connectivity index (χ1n) is 4.40. The second-order valence-electron chi connectivity index (χ2n) is 3.22. The third-order valence-electron chi connectivity index (χ3n) is 2.16. The van der Waals surface area contributed by atoms with Crippen molar-refractivity contribution in [3.63, 3.8) is 0 Å². The average Bonchev–Trinajstić information content (AvgIpc) is 2.34. The molecule has 1 aromatic rings. The number of hydrogen-bond donors (Lipinski definition) is 1. The monoisotopic (exact) mass is 211 g/mol. The van der Waals surface area contributed by atoms with Crippen LogP contribution in [0.1, 0.15) is 12.0 Å². The second kappa shape index (κ2) is 3.50. The van der Waals surface area contributed by atoms with Gasteiger partial charge in [-0.1, -0.05) is 17.7 Å². The summed E-state index contributed by atoms with van der Waals surface area (Å²) in [5.74, 6) is 0.548. The van der Waals surface area contributed by atoms with E-state index >= 15 is 0 Å². The van der Waals surface area contributed by atoms with E-state index in [1.807, 2.05) is 13.0 Å². The van der Waals surface area contributed by atoms with Crippen LogP contribution in [0.15, 0.2) is 12.1 Å². The van der Waals surface area contributed by atoms with Gasteiger partial charge < -0.3 is 10.1 Å². The largest absolute Gasteiger partial charge is 0.489 e. The van der Waals surface area contributed by atoms with Crippen LogP contribution in [0.2, 0.25) is 5.02 Å².